The Balaban J connectivity index is 1.96. The van der Waals surface area contributed by atoms with E-state index in [-0.39, 0.29) is 29.7 Å². The topological polar surface area (TPSA) is 95.5 Å². The van der Waals surface area contributed by atoms with Crippen molar-refractivity contribution in [1.29, 1.82) is 0 Å². The zero-order valence-corrected chi connectivity index (χ0v) is 16.1. The second-order valence-electron chi connectivity index (χ2n) is 6.19. The Kier molecular flexibility index (Phi) is 6.63. The number of nitrogens with one attached hydrogen (secondary N) is 2. The quantitative estimate of drug-likeness (QED) is 0.670. The van der Waals surface area contributed by atoms with Gasteiger partial charge in [-0.05, 0) is 43.2 Å². The van der Waals surface area contributed by atoms with Gasteiger partial charge in [0.1, 0.15) is 5.75 Å². The first-order valence-corrected chi connectivity index (χ1v) is 10.0. The molecule has 1 amide bonds. The maximum absolute atomic E-state index is 12.1. The first kappa shape index (κ1) is 20.2. The van der Waals surface area contributed by atoms with Crippen LogP contribution in [0.4, 0.5) is 0 Å². The fourth-order valence-corrected chi connectivity index (χ4v) is 3.95. The molecule has 0 unspecified atom stereocenters. The summed E-state index contributed by atoms with van der Waals surface area (Å²) in [5.41, 5.74) is 1.60. The van der Waals surface area contributed by atoms with Crippen molar-refractivity contribution in [1.82, 2.24) is 10.0 Å². The zero-order valence-electron chi connectivity index (χ0n) is 14.5. The van der Waals surface area contributed by atoms with Gasteiger partial charge in [0.25, 0.3) is 5.91 Å². The molecule has 6 nitrogen and oxygen atoms in total. The van der Waals surface area contributed by atoms with Crippen molar-refractivity contribution in [2.45, 2.75) is 32.2 Å². The first-order chi connectivity index (χ1) is 12.2. The molecule has 0 aliphatic carbocycles. The van der Waals surface area contributed by atoms with Crippen molar-refractivity contribution in [2.24, 2.45) is 0 Å². The van der Waals surface area contributed by atoms with E-state index in [9.17, 15) is 18.3 Å². The van der Waals surface area contributed by atoms with Crippen LogP contribution in [0.25, 0.3) is 0 Å². The number of carbonyl (C=O) groups is 1. The fourth-order valence-electron chi connectivity index (χ4n) is 2.35. The van der Waals surface area contributed by atoms with Crippen molar-refractivity contribution in [3.05, 3.63) is 64.2 Å². The molecule has 140 valence electrons. The second kappa shape index (κ2) is 8.53. The highest BCUT2D eigenvalue weighted by Gasteiger charge is 2.13. The number of carbonyl (C=O) groups excluding carboxylic acids is 1. The van der Waals surface area contributed by atoms with Crippen LogP contribution in [0, 0.1) is 0 Å². The number of hydrogen-bond acceptors (Lipinski definition) is 4. The number of hydrogen-bond donors (Lipinski definition) is 3. The molecule has 0 atom stereocenters. The lowest BCUT2D eigenvalue weighted by molar-refractivity contribution is 0.0948. The van der Waals surface area contributed by atoms with Gasteiger partial charge in [0, 0.05) is 17.6 Å². The lowest BCUT2D eigenvalue weighted by atomic mass is 10.1. The van der Waals surface area contributed by atoms with Crippen LogP contribution in [0.2, 0.25) is 5.02 Å². The third-order valence-electron chi connectivity index (χ3n) is 3.45. The Bertz CT molecular complexity index is 881. The molecule has 0 fully saturated rings. The standard InChI is InChI=1S/C18H21ClN2O4S/c1-12(2)21-26(24,25)11-14-5-3-13(4-6-14)10-20-18(23)16-8-7-15(19)9-17(16)22/h3-9,12,21-22H,10-11H2,1-2H3,(H,20,23). The monoisotopic (exact) mass is 396 g/mol. The zero-order chi connectivity index (χ0) is 19.3. The summed E-state index contributed by atoms with van der Waals surface area (Å²) in [4.78, 5) is 12.1. The minimum absolute atomic E-state index is 0.101. The Hall–Kier alpha value is -2.09. The highest BCUT2D eigenvalue weighted by atomic mass is 35.5. The van der Waals surface area contributed by atoms with Gasteiger partial charge in [0.2, 0.25) is 10.0 Å². The van der Waals surface area contributed by atoms with E-state index in [0.717, 1.165) is 5.56 Å². The number of amides is 1. The minimum Gasteiger partial charge on any atom is -0.507 e. The van der Waals surface area contributed by atoms with E-state index < -0.39 is 15.9 Å². The Labute approximate surface area is 158 Å². The minimum atomic E-state index is -3.38. The number of rotatable bonds is 7. The highest BCUT2D eigenvalue weighted by Crippen LogP contribution is 2.21. The molecule has 8 heteroatoms. The van der Waals surface area contributed by atoms with Crippen molar-refractivity contribution < 1.29 is 18.3 Å². The predicted molar refractivity (Wildman–Crippen MR) is 102 cm³/mol. The third kappa shape index (κ3) is 6.01. The molecule has 0 aliphatic rings. The first-order valence-electron chi connectivity index (χ1n) is 8.01. The van der Waals surface area contributed by atoms with Gasteiger partial charge in [-0.15, -0.1) is 0 Å². The summed E-state index contributed by atoms with van der Waals surface area (Å²) in [5, 5.41) is 12.8. The number of halogens is 1. The summed E-state index contributed by atoms with van der Waals surface area (Å²) >= 11 is 5.74. The average Bonchev–Trinajstić information content (AvgIpc) is 2.52. The molecule has 26 heavy (non-hydrogen) atoms. The van der Waals surface area contributed by atoms with E-state index in [1.165, 1.54) is 18.2 Å². The van der Waals surface area contributed by atoms with Crippen LogP contribution < -0.4 is 10.0 Å². The summed E-state index contributed by atoms with van der Waals surface area (Å²) in [6.45, 7) is 3.78. The van der Waals surface area contributed by atoms with E-state index >= 15 is 0 Å². The summed E-state index contributed by atoms with van der Waals surface area (Å²) in [6.07, 6.45) is 0. The third-order valence-corrected chi connectivity index (χ3v) is 5.23. The van der Waals surface area contributed by atoms with Crippen LogP contribution in [-0.2, 0) is 22.3 Å². The van der Waals surface area contributed by atoms with E-state index in [1.807, 2.05) is 0 Å². The van der Waals surface area contributed by atoms with Crippen molar-refractivity contribution >= 4 is 27.5 Å². The van der Waals surface area contributed by atoms with Crippen LogP contribution in [0.1, 0.15) is 35.3 Å². The number of benzene rings is 2. The number of phenols is 1. The lowest BCUT2D eigenvalue weighted by Gasteiger charge is -2.10. The number of phenolic OH excluding ortho intramolecular Hbond substituents is 1. The SMILES string of the molecule is CC(C)NS(=O)(=O)Cc1ccc(CNC(=O)c2ccc(Cl)cc2O)cc1. The Morgan fingerprint density at radius 2 is 1.73 bits per heavy atom. The van der Waals surface area contributed by atoms with Gasteiger partial charge in [0.05, 0.1) is 11.3 Å². The summed E-state index contributed by atoms with van der Waals surface area (Å²) < 4.78 is 26.4. The van der Waals surface area contributed by atoms with Crippen molar-refractivity contribution in [3.8, 4) is 5.75 Å². The van der Waals surface area contributed by atoms with Gasteiger partial charge in [-0.2, -0.15) is 0 Å². The van der Waals surface area contributed by atoms with Crippen LogP contribution in [-0.4, -0.2) is 25.5 Å². The molecule has 0 saturated carbocycles. The molecule has 0 radical (unpaired) electrons. The molecule has 0 aliphatic heterocycles. The Morgan fingerprint density at radius 1 is 1.12 bits per heavy atom. The van der Waals surface area contributed by atoms with Crippen LogP contribution >= 0.6 is 11.6 Å². The largest absolute Gasteiger partial charge is 0.507 e. The molecule has 2 aromatic rings. The number of aromatic hydroxyl groups is 1. The predicted octanol–water partition coefficient (Wildman–Crippen LogP) is 2.80. The van der Waals surface area contributed by atoms with E-state index in [2.05, 4.69) is 10.0 Å². The molecule has 2 aromatic carbocycles. The lowest BCUT2D eigenvalue weighted by Crippen LogP contribution is -2.31. The normalized spacial score (nSPS) is 11.5. The van der Waals surface area contributed by atoms with Crippen LogP contribution in [0.3, 0.4) is 0 Å². The maximum Gasteiger partial charge on any atom is 0.255 e. The summed E-state index contributed by atoms with van der Waals surface area (Å²) in [7, 11) is -3.38. The average molecular weight is 397 g/mol. The van der Waals surface area contributed by atoms with Crippen LogP contribution in [0.15, 0.2) is 42.5 Å². The summed E-state index contributed by atoms with van der Waals surface area (Å²) in [6, 6.07) is 11.0. The second-order valence-corrected chi connectivity index (χ2v) is 8.38. The molecule has 0 saturated heterocycles. The van der Waals surface area contributed by atoms with Crippen molar-refractivity contribution in [3.63, 3.8) is 0 Å². The van der Waals surface area contributed by atoms with Gasteiger partial charge in [-0.3, -0.25) is 4.79 Å². The number of sulfonamides is 1. The smallest absolute Gasteiger partial charge is 0.255 e. The Morgan fingerprint density at radius 3 is 2.31 bits per heavy atom. The van der Waals surface area contributed by atoms with Gasteiger partial charge in [-0.25, -0.2) is 13.1 Å². The van der Waals surface area contributed by atoms with E-state index in [0.29, 0.717) is 10.6 Å². The fraction of sp³-hybridized carbons (Fsp3) is 0.278. The van der Waals surface area contributed by atoms with E-state index in [1.54, 1.807) is 38.1 Å². The molecular formula is C18H21ClN2O4S. The van der Waals surface area contributed by atoms with Gasteiger partial charge in [0.15, 0.2) is 0 Å². The van der Waals surface area contributed by atoms with Gasteiger partial charge < -0.3 is 10.4 Å². The molecular weight excluding hydrogens is 376 g/mol. The maximum atomic E-state index is 12.1. The van der Waals surface area contributed by atoms with Gasteiger partial charge >= 0.3 is 0 Å². The van der Waals surface area contributed by atoms with Crippen molar-refractivity contribution in [2.75, 3.05) is 0 Å². The molecule has 0 heterocycles. The van der Waals surface area contributed by atoms with Crippen LogP contribution in [0.5, 0.6) is 5.75 Å². The highest BCUT2D eigenvalue weighted by molar-refractivity contribution is 7.88. The van der Waals surface area contributed by atoms with Gasteiger partial charge in [-0.1, -0.05) is 35.9 Å². The molecule has 3 N–H and O–H groups in total. The molecule has 0 aromatic heterocycles. The molecule has 2 rings (SSSR count). The van der Waals surface area contributed by atoms with E-state index in [4.69, 9.17) is 11.6 Å². The summed E-state index contributed by atoms with van der Waals surface area (Å²) in [5.74, 6) is -0.712. The molecule has 0 spiro atoms. The molecule has 0 bridgehead atoms.